The molecule has 0 aliphatic carbocycles. The second-order valence-corrected chi connectivity index (χ2v) is 3.77. The first kappa shape index (κ1) is 10.6. The van der Waals surface area contributed by atoms with Gasteiger partial charge in [0.2, 0.25) is 0 Å². The average Bonchev–Trinajstić information content (AvgIpc) is 2.00. The Morgan fingerprint density at radius 2 is 1.91 bits per heavy atom. The molecule has 0 heterocycles. The van der Waals surface area contributed by atoms with E-state index in [0.717, 1.165) is 12.3 Å². The quantitative estimate of drug-likeness (QED) is 0.543. The number of hydrogen-bond acceptors (Lipinski definition) is 0. The molecular weight excluding hydrogens is 132 g/mol. The maximum atomic E-state index is 3.17. The SMILES string of the molecule is CC#CCC(C)(CC)C(C)C. The van der Waals surface area contributed by atoms with E-state index >= 15 is 0 Å². The van der Waals surface area contributed by atoms with Gasteiger partial charge in [0.1, 0.15) is 0 Å². The Labute approximate surface area is 71.4 Å². The Balaban J connectivity index is 4.17. The van der Waals surface area contributed by atoms with Crippen molar-refractivity contribution < 1.29 is 0 Å². The summed E-state index contributed by atoms with van der Waals surface area (Å²) in [6.07, 6.45) is 2.26. The van der Waals surface area contributed by atoms with Gasteiger partial charge in [-0.3, -0.25) is 0 Å². The first-order valence-corrected chi connectivity index (χ1v) is 4.46. The molecule has 0 amide bonds. The zero-order valence-electron chi connectivity index (χ0n) is 8.49. The number of hydrogen-bond donors (Lipinski definition) is 0. The van der Waals surface area contributed by atoms with Crippen LogP contribution in [0.1, 0.15) is 47.5 Å². The third-order valence-electron chi connectivity index (χ3n) is 2.87. The zero-order chi connectivity index (χ0) is 8.91. The van der Waals surface area contributed by atoms with E-state index in [4.69, 9.17) is 0 Å². The molecule has 0 bridgehead atoms. The predicted molar refractivity (Wildman–Crippen MR) is 51.3 cm³/mol. The normalized spacial score (nSPS) is 15.5. The highest BCUT2D eigenvalue weighted by atomic mass is 14.3. The van der Waals surface area contributed by atoms with Crippen molar-refractivity contribution in [2.45, 2.75) is 47.5 Å². The maximum Gasteiger partial charge on any atom is 0.0145 e. The monoisotopic (exact) mass is 152 g/mol. The predicted octanol–water partition coefficient (Wildman–Crippen LogP) is 3.47. The van der Waals surface area contributed by atoms with E-state index in [-0.39, 0.29) is 0 Å². The van der Waals surface area contributed by atoms with Gasteiger partial charge in [-0.15, -0.1) is 11.8 Å². The van der Waals surface area contributed by atoms with E-state index in [1.54, 1.807) is 0 Å². The molecule has 0 aromatic heterocycles. The van der Waals surface area contributed by atoms with Crippen molar-refractivity contribution in [2.24, 2.45) is 11.3 Å². The lowest BCUT2D eigenvalue weighted by atomic mass is 9.74. The van der Waals surface area contributed by atoms with Gasteiger partial charge in [-0.1, -0.05) is 27.7 Å². The van der Waals surface area contributed by atoms with Crippen molar-refractivity contribution in [3.05, 3.63) is 0 Å². The highest BCUT2D eigenvalue weighted by molar-refractivity contribution is 5.00. The third kappa shape index (κ3) is 2.97. The van der Waals surface area contributed by atoms with E-state index in [2.05, 4.69) is 39.5 Å². The van der Waals surface area contributed by atoms with Crippen LogP contribution in [0.4, 0.5) is 0 Å². The van der Waals surface area contributed by atoms with Crippen molar-refractivity contribution in [2.75, 3.05) is 0 Å². The van der Waals surface area contributed by atoms with Crippen molar-refractivity contribution in [1.29, 1.82) is 0 Å². The topological polar surface area (TPSA) is 0 Å². The molecule has 0 N–H and O–H groups in total. The summed E-state index contributed by atoms with van der Waals surface area (Å²) < 4.78 is 0. The summed E-state index contributed by atoms with van der Waals surface area (Å²) in [5, 5.41) is 0. The molecule has 0 aromatic rings. The van der Waals surface area contributed by atoms with Gasteiger partial charge in [0.25, 0.3) is 0 Å². The summed E-state index contributed by atoms with van der Waals surface area (Å²) in [5.74, 6) is 6.86. The Hall–Kier alpha value is -0.440. The molecule has 0 aliphatic rings. The molecule has 0 saturated heterocycles. The van der Waals surface area contributed by atoms with Crippen LogP contribution in [0.15, 0.2) is 0 Å². The molecule has 1 unspecified atom stereocenters. The van der Waals surface area contributed by atoms with Crippen LogP contribution >= 0.6 is 0 Å². The van der Waals surface area contributed by atoms with Crippen LogP contribution in [-0.4, -0.2) is 0 Å². The fourth-order valence-electron chi connectivity index (χ4n) is 1.03. The number of rotatable bonds is 3. The van der Waals surface area contributed by atoms with Gasteiger partial charge in [0.05, 0.1) is 0 Å². The summed E-state index contributed by atoms with van der Waals surface area (Å²) in [6.45, 7) is 11.0. The Morgan fingerprint density at radius 3 is 2.18 bits per heavy atom. The van der Waals surface area contributed by atoms with E-state index in [9.17, 15) is 0 Å². The summed E-state index contributed by atoms with van der Waals surface area (Å²) in [5.41, 5.74) is 0.420. The van der Waals surface area contributed by atoms with Crippen molar-refractivity contribution in [1.82, 2.24) is 0 Å². The second kappa shape index (κ2) is 4.44. The van der Waals surface area contributed by atoms with Gasteiger partial charge < -0.3 is 0 Å². The lowest BCUT2D eigenvalue weighted by molar-refractivity contribution is 0.216. The summed E-state index contributed by atoms with van der Waals surface area (Å²) >= 11 is 0. The molecular formula is C11H20. The first-order valence-electron chi connectivity index (χ1n) is 4.46. The van der Waals surface area contributed by atoms with Crippen LogP contribution < -0.4 is 0 Å². The van der Waals surface area contributed by atoms with E-state index in [0.29, 0.717) is 5.41 Å². The summed E-state index contributed by atoms with van der Waals surface area (Å²) in [7, 11) is 0. The van der Waals surface area contributed by atoms with Gasteiger partial charge in [0, 0.05) is 6.42 Å². The largest absolute Gasteiger partial charge is 0.107 e. The lowest BCUT2D eigenvalue weighted by Crippen LogP contribution is -2.21. The van der Waals surface area contributed by atoms with Gasteiger partial charge in [-0.05, 0) is 24.7 Å². The average molecular weight is 152 g/mol. The molecule has 0 rings (SSSR count). The van der Waals surface area contributed by atoms with E-state index < -0.39 is 0 Å². The van der Waals surface area contributed by atoms with Crippen LogP contribution in [0.25, 0.3) is 0 Å². The molecule has 11 heavy (non-hydrogen) atoms. The fourth-order valence-corrected chi connectivity index (χ4v) is 1.03. The minimum atomic E-state index is 0.420. The smallest absolute Gasteiger partial charge is 0.0145 e. The Kier molecular flexibility index (Phi) is 4.26. The van der Waals surface area contributed by atoms with Gasteiger partial charge in [0.15, 0.2) is 0 Å². The maximum absolute atomic E-state index is 3.17. The molecule has 64 valence electrons. The van der Waals surface area contributed by atoms with Gasteiger partial charge >= 0.3 is 0 Å². The molecule has 1 atom stereocenters. The summed E-state index contributed by atoms with van der Waals surface area (Å²) in [4.78, 5) is 0. The Bertz CT molecular complexity index is 157. The molecule has 0 spiro atoms. The first-order chi connectivity index (χ1) is 5.06. The van der Waals surface area contributed by atoms with Crippen LogP contribution in [-0.2, 0) is 0 Å². The highest BCUT2D eigenvalue weighted by Gasteiger charge is 2.24. The van der Waals surface area contributed by atoms with E-state index in [1.807, 2.05) is 6.92 Å². The standard InChI is InChI=1S/C11H20/c1-6-8-9-11(5,7-2)10(3)4/h10H,7,9H2,1-5H3. The minimum absolute atomic E-state index is 0.420. The van der Waals surface area contributed by atoms with Crippen LogP contribution in [0, 0.1) is 23.2 Å². The van der Waals surface area contributed by atoms with Gasteiger partial charge in [-0.25, -0.2) is 0 Å². The van der Waals surface area contributed by atoms with Crippen LogP contribution in [0.5, 0.6) is 0 Å². The molecule has 0 aliphatic heterocycles. The summed E-state index contributed by atoms with van der Waals surface area (Å²) in [6, 6.07) is 0. The molecule has 0 saturated carbocycles. The fraction of sp³-hybridized carbons (Fsp3) is 0.818. The Morgan fingerprint density at radius 1 is 1.36 bits per heavy atom. The molecule has 0 aromatic carbocycles. The highest BCUT2D eigenvalue weighted by Crippen LogP contribution is 2.33. The minimum Gasteiger partial charge on any atom is -0.107 e. The van der Waals surface area contributed by atoms with Crippen molar-refractivity contribution in [3.8, 4) is 11.8 Å². The molecule has 0 fully saturated rings. The zero-order valence-corrected chi connectivity index (χ0v) is 8.49. The van der Waals surface area contributed by atoms with Crippen LogP contribution in [0.2, 0.25) is 0 Å². The third-order valence-corrected chi connectivity index (χ3v) is 2.87. The second-order valence-electron chi connectivity index (χ2n) is 3.77. The van der Waals surface area contributed by atoms with Gasteiger partial charge in [-0.2, -0.15) is 0 Å². The molecule has 0 radical (unpaired) electrons. The molecule has 0 heteroatoms. The van der Waals surface area contributed by atoms with Crippen molar-refractivity contribution >= 4 is 0 Å². The molecule has 0 nitrogen and oxygen atoms in total. The van der Waals surface area contributed by atoms with E-state index in [1.165, 1.54) is 6.42 Å². The lowest BCUT2D eigenvalue weighted by Gasteiger charge is -2.30. The van der Waals surface area contributed by atoms with Crippen molar-refractivity contribution in [3.63, 3.8) is 0 Å². The van der Waals surface area contributed by atoms with Crippen LogP contribution in [0.3, 0.4) is 0 Å².